The van der Waals surface area contributed by atoms with E-state index in [1.165, 1.54) is 13.3 Å². The van der Waals surface area contributed by atoms with Crippen molar-refractivity contribution in [2.45, 2.75) is 39.0 Å². The third kappa shape index (κ3) is 5.88. The molecule has 180 valence electrons. The molecule has 0 saturated heterocycles. The fraction of sp³-hybridized carbons (Fsp3) is 0.381. The predicted octanol–water partition coefficient (Wildman–Crippen LogP) is 2.48. The number of fused-ring (bicyclic) bond motifs is 1. The van der Waals surface area contributed by atoms with E-state index in [0.29, 0.717) is 17.7 Å². The lowest BCUT2D eigenvalue weighted by Crippen LogP contribution is -2.48. The molecule has 0 fully saturated rings. The number of imidazole rings is 1. The summed E-state index contributed by atoms with van der Waals surface area (Å²) < 4.78 is 32.0. The first-order chi connectivity index (χ1) is 16.2. The number of hydrogen-bond donors (Lipinski definition) is 2. The van der Waals surface area contributed by atoms with Crippen molar-refractivity contribution >= 4 is 30.5 Å². The zero-order valence-corrected chi connectivity index (χ0v) is 19.9. The van der Waals surface area contributed by atoms with Gasteiger partial charge >= 0.3 is 13.5 Å². The number of esters is 1. The molecule has 0 bridgehead atoms. The zero-order valence-electron chi connectivity index (χ0n) is 19.0. The van der Waals surface area contributed by atoms with Gasteiger partial charge in [0.25, 0.3) is 0 Å². The summed E-state index contributed by atoms with van der Waals surface area (Å²) in [6, 6.07) is 10.2. The Kier molecular flexibility index (Phi) is 7.83. The third-order valence-electron chi connectivity index (χ3n) is 4.71. The largest absolute Gasteiger partial charge is 0.464 e. The normalized spacial score (nSPS) is 15.6. The van der Waals surface area contributed by atoms with Crippen molar-refractivity contribution < 1.29 is 23.4 Å². The predicted molar refractivity (Wildman–Crippen MR) is 124 cm³/mol. The number of nitrogens with one attached hydrogen (secondary N) is 1. The van der Waals surface area contributed by atoms with Crippen LogP contribution in [0.3, 0.4) is 0 Å². The summed E-state index contributed by atoms with van der Waals surface area (Å²) in [4.78, 5) is 24.7. The van der Waals surface area contributed by atoms with E-state index >= 15 is 0 Å². The number of ether oxygens (including phenoxy) is 2. The highest BCUT2D eigenvalue weighted by Gasteiger charge is 2.43. The Balaban J connectivity index is 1.77. The number of carbonyl (C=O) groups excluding carboxylic acids is 1. The van der Waals surface area contributed by atoms with Gasteiger partial charge in [-0.25, -0.2) is 24.8 Å². The van der Waals surface area contributed by atoms with Gasteiger partial charge in [-0.3, -0.25) is 4.57 Å². The van der Waals surface area contributed by atoms with Crippen molar-refractivity contribution in [3.63, 3.8) is 0 Å². The minimum atomic E-state index is -3.92. The number of nitrogens with two attached hydrogens (primary N) is 1. The van der Waals surface area contributed by atoms with E-state index in [1.807, 2.05) is 6.07 Å². The van der Waals surface area contributed by atoms with Crippen LogP contribution in [0.15, 0.2) is 43.0 Å². The van der Waals surface area contributed by atoms with E-state index in [2.05, 4.69) is 20.0 Å². The number of hydrogen-bond acceptors (Lipinski definition) is 10. The number of anilines is 1. The third-order valence-corrected chi connectivity index (χ3v) is 6.49. The molecule has 0 spiro atoms. The average molecular weight is 487 g/mol. The van der Waals surface area contributed by atoms with Gasteiger partial charge in [0, 0.05) is 0 Å². The molecule has 12 nitrogen and oxygen atoms in total. The number of benzene rings is 1. The molecule has 1 aromatic carbocycles. The first-order valence-electron chi connectivity index (χ1n) is 10.4. The quantitative estimate of drug-likeness (QED) is 0.301. The second kappa shape index (κ2) is 10.6. The summed E-state index contributed by atoms with van der Waals surface area (Å²) in [5.41, 5.74) is 4.91. The number of para-hydroxylation sites is 1. The smallest absolute Gasteiger partial charge is 0.343 e. The van der Waals surface area contributed by atoms with Gasteiger partial charge in [-0.1, -0.05) is 18.2 Å². The minimum absolute atomic E-state index is 0.0576. The van der Waals surface area contributed by atoms with Crippen molar-refractivity contribution in [2.24, 2.45) is 0 Å². The molecule has 0 amide bonds. The summed E-state index contributed by atoms with van der Waals surface area (Å²) in [5, 5.41) is 12.2. The van der Waals surface area contributed by atoms with Crippen molar-refractivity contribution in [3.8, 4) is 11.8 Å². The monoisotopic (exact) mass is 487 g/mol. The zero-order chi connectivity index (χ0) is 24.8. The minimum Gasteiger partial charge on any atom is -0.464 e. The molecule has 0 aliphatic heterocycles. The fourth-order valence-electron chi connectivity index (χ4n) is 3.05. The Bertz CT molecular complexity index is 1230. The maximum atomic E-state index is 13.8. The molecule has 0 radical (unpaired) electrons. The summed E-state index contributed by atoms with van der Waals surface area (Å²) in [7, 11) is -3.92. The molecule has 0 saturated carbocycles. The lowest BCUT2D eigenvalue weighted by atomic mass is 10.1. The van der Waals surface area contributed by atoms with Crippen LogP contribution in [0, 0.1) is 11.3 Å². The highest BCUT2D eigenvalue weighted by molar-refractivity contribution is 7.57. The second-order valence-corrected chi connectivity index (χ2v) is 9.59. The lowest BCUT2D eigenvalue weighted by Gasteiger charge is -2.28. The highest BCUT2D eigenvalue weighted by Crippen LogP contribution is 2.45. The number of nitrogens with zero attached hydrogens (tertiary/aromatic N) is 5. The van der Waals surface area contributed by atoms with E-state index in [1.54, 1.807) is 55.1 Å². The molecule has 2 unspecified atom stereocenters. The molecule has 2 heterocycles. The Labute approximate surface area is 196 Å². The van der Waals surface area contributed by atoms with Crippen molar-refractivity contribution in [1.82, 2.24) is 24.6 Å². The summed E-state index contributed by atoms with van der Waals surface area (Å²) in [6.45, 7) is 5.02. The van der Waals surface area contributed by atoms with E-state index in [0.717, 1.165) is 0 Å². The Hall–Kier alpha value is -3.52. The molecule has 3 aromatic rings. The average Bonchev–Trinajstić information content (AvgIpc) is 3.22. The SMILES string of the molecule is CCOC(=O)C(C)(C#N)NP(=O)(CO[C@H](C)Cn1cnc2c(N)ncnc21)Oc1ccccc1. The van der Waals surface area contributed by atoms with Crippen LogP contribution in [0.25, 0.3) is 11.2 Å². The number of aromatic nitrogens is 4. The Morgan fingerprint density at radius 2 is 2.06 bits per heavy atom. The van der Waals surface area contributed by atoms with E-state index < -0.39 is 31.5 Å². The fourth-order valence-corrected chi connectivity index (χ4v) is 4.95. The van der Waals surface area contributed by atoms with Crippen LogP contribution in [0.2, 0.25) is 0 Å². The van der Waals surface area contributed by atoms with Gasteiger partial charge in [-0.05, 0) is 32.9 Å². The number of rotatable bonds is 11. The van der Waals surface area contributed by atoms with Gasteiger partial charge in [0.2, 0.25) is 5.54 Å². The maximum absolute atomic E-state index is 13.8. The summed E-state index contributed by atoms with van der Waals surface area (Å²) in [5.74, 6) is -0.326. The molecule has 13 heteroatoms. The Morgan fingerprint density at radius 3 is 2.74 bits per heavy atom. The van der Waals surface area contributed by atoms with Crippen LogP contribution in [0.1, 0.15) is 20.8 Å². The molecular formula is C21H26N7O5P. The number of nitrogen functional groups attached to an aromatic ring is 1. The maximum Gasteiger partial charge on any atom is 0.343 e. The van der Waals surface area contributed by atoms with Crippen LogP contribution in [0.4, 0.5) is 5.82 Å². The van der Waals surface area contributed by atoms with Crippen LogP contribution in [0.5, 0.6) is 5.75 Å². The van der Waals surface area contributed by atoms with Gasteiger partial charge in [0.15, 0.2) is 11.5 Å². The number of nitriles is 1. The first kappa shape index (κ1) is 25.1. The van der Waals surface area contributed by atoms with Crippen LogP contribution >= 0.6 is 7.52 Å². The van der Waals surface area contributed by atoms with Crippen molar-refractivity contribution in [3.05, 3.63) is 43.0 Å². The molecule has 34 heavy (non-hydrogen) atoms. The van der Waals surface area contributed by atoms with E-state index in [9.17, 15) is 14.6 Å². The molecule has 3 atom stereocenters. The molecule has 0 aliphatic rings. The van der Waals surface area contributed by atoms with Gasteiger partial charge in [0.1, 0.15) is 23.9 Å². The van der Waals surface area contributed by atoms with Gasteiger partial charge in [-0.15, -0.1) is 0 Å². The number of carbonyl (C=O) groups is 1. The summed E-state index contributed by atoms with van der Waals surface area (Å²) >= 11 is 0. The van der Waals surface area contributed by atoms with E-state index in [4.69, 9.17) is 19.7 Å². The lowest BCUT2D eigenvalue weighted by molar-refractivity contribution is -0.147. The summed E-state index contributed by atoms with van der Waals surface area (Å²) in [6.07, 6.45) is 2.00. The van der Waals surface area contributed by atoms with Crippen LogP contribution in [-0.2, 0) is 25.4 Å². The molecule has 3 rings (SSSR count). The first-order valence-corrected chi connectivity index (χ1v) is 12.2. The molecule has 0 aliphatic carbocycles. The van der Waals surface area contributed by atoms with Gasteiger partial charge in [0.05, 0.1) is 31.7 Å². The van der Waals surface area contributed by atoms with Crippen LogP contribution < -0.4 is 15.3 Å². The second-order valence-electron chi connectivity index (χ2n) is 7.58. The molecule has 3 N–H and O–H groups in total. The molecule has 2 aromatic heterocycles. The van der Waals surface area contributed by atoms with E-state index in [-0.39, 0.29) is 18.2 Å². The standard InChI is InChI=1S/C21H26N7O5P/c1-4-31-20(29)21(3,11-22)27-34(30,33-16-8-6-5-7-9-16)14-32-15(2)10-28-13-26-17-18(23)24-12-25-19(17)28/h5-9,12-13,15H,4,10,14H2,1-3H3,(H,27,30)(H2,23,24,25)/t15-,21?,34?/m1/s1. The topological polar surface area (TPSA) is 167 Å². The van der Waals surface area contributed by atoms with Gasteiger partial charge < -0.3 is 24.3 Å². The van der Waals surface area contributed by atoms with Crippen molar-refractivity contribution in [2.75, 3.05) is 18.7 Å². The molecular weight excluding hydrogens is 461 g/mol. The highest BCUT2D eigenvalue weighted by atomic mass is 31.2. The Morgan fingerprint density at radius 1 is 1.32 bits per heavy atom. The van der Waals surface area contributed by atoms with Crippen LogP contribution in [-0.4, -0.2) is 50.1 Å². The van der Waals surface area contributed by atoms with Gasteiger partial charge in [-0.2, -0.15) is 5.26 Å². The van der Waals surface area contributed by atoms with Crippen molar-refractivity contribution in [1.29, 1.82) is 5.26 Å².